The number of likely N-dealkylation sites (N-methyl/N-ethyl adjacent to an activating group) is 1. The Morgan fingerprint density at radius 1 is 1.47 bits per heavy atom. The Morgan fingerprint density at radius 2 is 2.29 bits per heavy atom. The molecule has 0 radical (unpaired) electrons. The lowest BCUT2D eigenvalue weighted by Crippen LogP contribution is -2.32. The molecule has 1 aliphatic rings. The Balaban J connectivity index is 2.27. The van der Waals surface area contributed by atoms with E-state index >= 15 is 0 Å². The van der Waals surface area contributed by atoms with E-state index in [0.717, 1.165) is 19.6 Å². The molecule has 1 saturated heterocycles. The Labute approximate surface area is 104 Å². The lowest BCUT2D eigenvalue weighted by molar-refractivity contribution is -0.137. The molecule has 4 nitrogen and oxygen atoms in total. The third-order valence-corrected chi connectivity index (χ3v) is 3.10. The number of nitrogens with one attached hydrogen (secondary N) is 1. The van der Waals surface area contributed by atoms with Gasteiger partial charge in [0.25, 0.3) is 0 Å². The highest BCUT2D eigenvalue weighted by Gasteiger charge is 2.15. The Kier molecular flexibility index (Phi) is 6.89. The smallest absolute Gasteiger partial charge is 0.330 e. The van der Waals surface area contributed by atoms with E-state index in [2.05, 4.69) is 17.3 Å². The maximum absolute atomic E-state index is 11.1. The van der Waals surface area contributed by atoms with Crippen molar-refractivity contribution in [3.63, 3.8) is 0 Å². The molecule has 0 aromatic carbocycles. The first-order chi connectivity index (χ1) is 8.24. The number of hydrogen-bond acceptors (Lipinski definition) is 4. The molecule has 0 amide bonds. The second kappa shape index (κ2) is 8.25. The predicted octanol–water partition coefficient (Wildman–Crippen LogP) is 1.18. The molecule has 1 heterocycles. The molecule has 1 rings (SSSR count). The number of esters is 1. The van der Waals surface area contributed by atoms with Crippen LogP contribution in [-0.4, -0.2) is 50.2 Å². The van der Waals surface area contributed by atoms with Crippen molar-refractivity contribution in [3.05, 3.63) is 12.2 Å². The SMILES string of the molecule is CCOC(=O)/C=C/CN(C)C1CCCNCC1. The van der Waals surface area contributed by atoms with Gasteiger partial charge in [-0.25, -0.2) is 4.79 Å². The molecule has 0 saturated carbocycles. The minimum absolute atomic E-state index is 0.247. The molecule has 0 aliphatic carbocycles. The number of rotatable bonds is 5. The average molecular weight is 240 g/mol. The normalized spacial score (nSPS) is 21.7. The molecule has 17 heavy (non-hydrogen) atoms. The molecule has 1 fully saturated rings. The Bertz CT molecular complexity index is 246. The summed E-state index contributed by atoms with van der Waals surface area (Å²) in [6, 6.07) is 0.622. The van der Waals surface area contributed by atoms with Crippen molar-refractivity contribution >= 4 is 5.97 Å². The summed E-state index contributed by atoms with van der Waals surface area (Å²) in [5.41, 5.74) is 0. The van der Waals surface area contributed by atoms with Gasteiger partial charge in [0.05, 0.1) is 6.61 Å². The second-order valence-corrected chi connectivity index (χ2v) is 4.43. The zero-order chi connectivity index (χ0) is 12.5. The van der Waals surface area contributed by atoms with Gasteiger partial charge >= 0.3 is 5.97 Å². The van der Waals surface area contributed by atoms with Crippen molar-refractivity contribution in [2.75, 3.05) is 33.3 Å². The zero-order valence-electron chi connectivity index (χ0n) is 10.9. The van der Waals surface area contributed by atoms with E-state index < -0.39 is 0 Å². The van der Waals surface area contributed by atoms with Gasteiger partial charge in [-0.15, -0.1) is 0 Å². The predicted molar refractivity (Wildman–Crippen MR) is 68.9 cm³/mol. The standard InChI is InChI=1S/C13H24N2O2/c1-3-17-13(16)7-5-11-15(2)12-6-4-9-14-10-8-12/h5,7,12,14H,3-4,6,8-11H2,1-2H3/b7-5+. The van der Waals surface area contributed by atoms with Gasteiger partial charge in [0, 0.05) is 18.7 Å². The van der Waals surface area contributed by atoms with Gasteiger partial charge in [0.1, 0.15) is 0 Å². The molecule has 1 aliphatic heterocycles. The van der Waals surface area contributed by atoms with Crippen LogP contribution in [0.25, 0.3) is 0 Å². The van der Waals surface area contributed by atoms with Crippen LogP contribution in [-0.2, 0) is 9.53 Å². The van der Waals surface area contributed by atoms with Gasteiger partial charge in [-0.3, -0.25) is 4.90 Å². The summed E-state index contributed by atoms with van der Waals surface area (Å²) < 4.78 is 4.83. The molecule has 98 valence electrons. The van der Waals surface area contributed by atoms with E-state index in [1.807, 2.05) is 13.0 Å². The van der Waals surface area contributed by atoms with Crippen molar-refractivity contribution < 1.29 is 9.53 Å². The van der Waals surface area contributed by atoms with Crippen LogP contribution in [0.3, 0.4) is 0 Å². The maximum Gasteiger partial charge on any atom is 0.330 e. The molecular weight excluding hydrogens is 216 g/mol. The van der Waals surface area contributed by atoms with Crippen LogP contribution in [0.1, 0.15) is 26.2 Å². The van der Waals surface area contributed by atoms with Gasteiger partial charge in [0.15, 0.2) is 0 Å². The summed E-state index contributed by atoms with van der Waals surface area (Å²) in [5, 5.41) is 3.40. The van der Waals surface area contributed by atoms with Gasteiger partial charge in [0.2, 0.25) is 0 Å². The lowest BCUT2D eigenvalue weighted by atomic mass is 10.1. The van der Waals surface area contributed by atoms with Gasteiger partial charge in [-0.1, -0.05) is 6.08 Å². The summed E-state index contributed by atoms with van der Waals surface area (Å²) in [4.78, 5) is 13.4. The van der Waals surface area contributed by atoms with Crippen molar-refractivity contribution in [1.29, 1.82) is 0 Å². The van der Waals surface area contributed by atoms with Gasteiger partial charge in [-0.05, 0) is 46.3 Å². The van der Waals surface area contributed by atoms with Gasteiger partial charge < -0.3 is 10.1 Å². The fourth-order valence-electron chi connectivity index (χ4n) is 2.10. The fourth-order valence-corrected chi connectivity index (χ4v) is 2.10. The maximum atomic E-state index is 11.1. The van der Waals surface area contributed by atoms with Crippen LogP contribution in [0.15, 0.2) is 12.2 Å². The molecule has 0 aromatic rings. The first-order valence-corrected chi connectivity index (χ1v) is 6.48. The molecule has 1 atom stereocenters. The summed E-state index contributed by atoms with van der Waals surface area (Å²) in [6.07, 6.45) is 7.06. The minimum Gasteiger partial charge on any atom is -0.463 e. The van der Waals surface area contributed by atoms with Crippen molar-refractivity contribution in [2.24, 2.45) is 0 Å². The minimum atomic E-state index is -0.247. The zero-order valence-corrected chi connectivity index (χ0v) is 10.9. The number of hydrogen-bond donors (Lipinski definition) is 1. The summed E-state index contributed by atoms with van der Waals surface area (Å²) in [6.45, 7) is 5.28. The monoisotopic (exact) mass is 240 g/mol. The fraction of sp³-hybridized carbons (Fsp3) is 0.769. The van der Waals surface area contributed by atoms with E-state index in [9.17, 15) is 4.79 Å². The van der Waals surface area contributed by atoms with Crippen molar-refractivity contribution in [3.8, 4) is 0 Å². The van der Waals surface area contributed by atoms with Crippen LogP contribution < -0.4 is 5.32 Å². The Hall–Kier alpha value is -0.870. The van der Waals surface area contributed by atoms with E-state index in [1.54, 1.807) is 0 Å². The lowest BCUT2D eigenvalue weighted by Gasteiger charge is -2.25. The number of nitrogens with zero attached hydrogens (tertiary/aromatic N) is 1. The molecule has 0 bridgehead atoms. The molecule has 4 heteroatoms. The number of carbonyl (C=O) groups is 1. The van der Waals surface area contributed by atoms with Crippen LogP contribution >= 0.6 is 0 Å². The Morgan fingerprint density at radius 3 is 3.06 bits per heavy atom. The van der Waals surface area contributed by atoms with E-state index in [-0.39, 0.29) is 5.97 Å². The number of carbonyl (C=O) groups excluding carboxylic acids is 1. The van der Waals surface area contributed by atoms with Crippen LogP contribution in [0.4, 0.5) is 0 Å². The topological polar surface area (TPSA) is 41.6 Å². The quantitative estimate of drug-likeness (QED) is 0.579. The highest BCUT2D eigenvalue weighted by molar-refractivity contribution is 5.81. The largest absolute Gasteiger partial charge is 0.463 e. The first-order valence-electron chi connectivity index (χ1n) is 6.48. The third-order valence-electron chi connectivity index (χ3n) is 3.10. The summed E-state index contributed by atoms with van der Waals surface area (Å²) in [7, 11) is 2.12. The van der Waals surface area contributed by atoms with E-state index in [1.165, 1.54) is 25.3 Å². The molecule has 0 spiro atoms. The molecule has 1 N–H and O–H groups in total. The van der Waals surface area contributed by atoms with Crippen molar-refractivity contribution in [1.82, 2.24) is 10.2 Å². The van der Waals surface area contributed by atoms with E-state index in [0.29, 0.717) is 12.6 Å². The number of ether oxygens (including phenoxy) is 1. The molecular formula is C13H24N2O2. The third kappa shape index (κ3) is 5.84. The van der Waals surface area contributed by atoms with Crippen molar-refractivity contribution in [2.45, 2.75) is 32.2 Å². The van der Waals surface area contributed by atoms with Crippen LogP contribution in [0.2, 0.25) is 0 Å². The summed E-state index contributed by atoms with van der Waals surface area (Å²) in [5.74, 6) is -0.247. The van der Waals surface area contributed by atoms with E-state index in [4.69, 9.17) is 4.74 Å². The van der Waals surface area contributed by atoms with Gasteiger partial charge in [-0.2, -0.15) is 0 Å². The molecule has 0 aromatic heterocycles. The highest BCUT2D eigenvalue weighted by Crippen LogP contribution is 2.11. The van der Waals surface area contributed by atoms with Crippen LogP contribution in [0, 0.1) is 0 Å². The molecule has 1 unspecified atom stereocenters. The second-order valence-electron chi connectivity index (χ2n) is 4.43. The average Bonchev–Trinajstić information content (AvgIpc) is 2.57. The van der Waals surface area contributed by atoms with Crippen LogP contribution in [0.5, 0.6) is 0 Å². The highest BCUT2D eigenvalue weighted by atomic mass is 16.5. The first kappa shape index (κ1) is 14.2. The summed E-state index contributed by atoms with van der Waals surface area (Å²) >= 11 is 0.